The average Bonchev–Trinajstić information content (AvgIpc) is 3.21. The topological polar surface area (TPSA) is 37.4 Å². The fraction of sp³-hybridized carbons (Fsp3) is 0.579. The summed E-state index contributed by atoms with van der Waals surface area (Å²) in [6.07, 6.45) is 5.06. The molecule has 2 bridgehead atoms. The molecule has 4 rings (SSSR count). The highest BCUT2D eigenvalue weighted by Crippen LogP contribution is 2.57. The molecular weight excluding hydrogens is 274 g/mol. The maximum atomic E-state index is 13.0. The first-order valence-electron chi connectivity index (χ1n) is 8.65. The van der Waals surface area contributed by atoms with Crippen molar-refractivity contribution in [1.82, 2.24) is 0 Å². The van der Waals surface area contributed by atoms with Crippen molar-refractivity contribution in [1.29, 1.82) is 0 Å². The van der Waals surface area contributed by atoms with E-state index in [-0.39, 0.29) is 23.7 Å². The molecule has 0 aromatic heterocycles. The number of rotatable bonds is 3. The highest BCUT2D eigenvalue weighted by Gasteiger charge is 2.61. The monoisotopic (exact) mass is 297 g/mol. The van der Waals surface area contributed by atoms with Gasteiger partial charge in [0, 0.05) is 0 Å². The van der Waals surface area contributed by atoms with Gasteiger partial charge in [-0.05, 0) is 55.1 Å². The molecule has 4 atom stereocenters. The Labute approximate surface area is 131 Å². The normalized spacial score (nSPS) is 32.9. The standard InChI is InChI=1S/C19H23NO2/c1-3-11-6-5-7-12(4-2)17(11)20-18(21)15-13-8-9-14(10-13)16(15)19(20)22/h5-7,13-16H,3-4,8-10H2,1-2H3/t13-,14-,15-,16-/m0/s1. The van der Waals surface area contributed by atoms with Crippen molar-refractivity contribution in [2.75, 3.05) is 4.90 Å². The van der Waals surface area contributed by atoms with Gasteiger partial charge >= 0.3 is 0 Å². The van der Waals surface area contributed by atoms with Crippen LogP contribution in [0.5, 0.6) is 0 Å². The van der Waals surface area contributed by atoms with Gasteiger partial charge in [0.05, 0.1) is 17.5 Å². The predicted octanol–water partition coefficient (Wildman–Crippen LogP) is 3.35. The van der Waals surface area contributed by atoms with E-state index in [1.54, 1.807) is 4.90 Å². The minimum absolute atomic E-state index is 0.0270. The van der Waals surface area contributed by atoms with Gasteiger partial charge < -0.3 is 0 Å². The van der Waals surface area contributed by atoms with E-state index in [0.29, 0.717) is 11.8 Å². The van der Waals surface area contributed by atoms with Crippen molar-refractivity contribution < 1.29 is 9.59 Å². The first-order chi connectivity index (χ1) is 10.7. The number of hydrogen-bond donors (Lipinski definition) is 0. The molecule has 22 heavy (non-hydrogen) atoms. The number of hydrogen-bond acceptors (Lipinski definition) is 2. The molecule has 1 saturated heterocycles. The van der Waals surface area contributed by atoms with E-state index in [1.807, 2.05) is 6.07 Å². The van der Waals surface area contributed by atoms with Crippen LogP contribution in [-0.2, 0) is 22.4 Å². The zero-order valence-electron chi connectivity index (χ0n) is 13.3. The van der Waals surface area contributed by atoms with E-state index in [2.05, 4.69) is 26.0 Å². The second-order valence-corrected chi connectivity index (χ2v) is 7.03. The van der Waals surface area contributed by atoms with Crippen LogP contribution < -0.4 is 4.90 Å². The summed E-state index contributed by atoms with van der Waals surface area (Å²) in [6, 6.07) is 6.15. The summed E-state index contributed by atoms with van der Waals surface area (Å²) in [4.78, 5) is 27.6. The van der Waals surface area contributed by atoms with Crippen molar-refractivity contribution in [2.45, 2.75) is 46.0 Å². The van der Waals surface area contributed by atoms with E-state index in [1.165, 1.54) is 0 Å². The molecule has 3 nitrogen and oxygen atoms in total. The van der Waals surface area contributed by atoms with Crippen molar-refractivity contribution in [3.05, 3.63) is 29.3 Å². The highest BCUT2D eigenvalue weighted by molar-refractivity contribution is 6.23. The minimum atomic E-state index is -0.0270. The molecule has 3 aliphatic rings. The van der Waals surface area contributed by atoms with Crippen LogP contribution in [0.25, 0.3) is 0 Å². The Morgan fingerprint density at radius 2 is 1.45 bits per heavy atom. The van der Waals surface area contributed by atoms with Crippen molar-refractivity contribution in [2.24, 2.45) is 23.7 Å². The Kier molecular flexibility index (Phi) is 3.14. The molecular formula is C19H23NO2. The number of fused-ring (bicyclic) bond motifs is 5. The first-order valence-corrected chi connectivity index (χ1v) is 8.65. The van der Waals surface area contributed by atoms with Crippen LogP contribution in [0.4, 0.5) is 5.69 Å². The number of carbonyl (C=O) groups is 2. The van der Waals surface area contributed by atoms with Crippen molar-refractivity contribution in [3.8, 4) is 0 Å². The zero-order valence-corrected chi connectivity index (χ0v) is 13.3. The summed E-state index contributed by atoms with van der Waals surface area (Å²) in [6.45, 7) is 4.18. The molecule has 0 radical (unpaired) electrons. The van der Waals surface area contributed by atoms with E-state index in [4.69, 9.17) is 0 Å². The molecule has 1 heterocycles. The Balaban J connectivity index is 1.81. The second-order valence-electron chi connectivity index (χ2n) is 7.03. The highest BCUT2D eigenvalue weighted by atomic mass is 16.2. The molecule has 116 valence electrons. The fourth-order valence-corrected chi connectivity index (χ4v) is 5.13. The number of nitrogens with zero attached hydrogens (tertiary/aromatic N) is 1. The second kappa shape index (κ2) is 4.94. The SMILES string of the molecule is CCc1cccc(CC)c1N1C(=O)[C@H]2[C@H]3CC[C@@H](C3)[C@@H]2C1=O. The van der Waals surface area contributed by atoms with Crippen LogP contribution in [0.3, 0.4) is 0 Å². The van der Waals surface area contributed by atoms with Crippen molar-refractivity contribution >= 4 is 17.5 Å². The molecule has 0 spiro atoms. The van der Waals surface area contributed by atoms with E-state index < -0.39 is 0 Å². The number of benzene rings is 1. The van der Waals surface area contributed by atoms with Crippen LogP contribution in [0, 0.1) is 23.7 Å². The molecule has 1 aliphatic heterocycles. The zero-order chi connectivity index (χ0) is 15.4. The van der Waals surface area contributed by atoms with Gasteiger partial charge in [-0.15, -0.1) is 0 Å². The van der Waals surface area contributed by atoms with Gasteiger partial charge in [0.2, 0.25) is 11.8 Å². The van der Waals surface area contributed by atoms with Gasteiger partial charge in [-0.1, -0.05) is 32.0 Å². The van der Waals surface area contributed by atoms with Gasteiger partial charge in [0.15, 0.2) is 0 Å². The lowest BCUT2D eigenvalue weighted by atomic mass is 9.81. The van der Waals surface area contributed by atoms with Gasteiger partial charge in [0.25, 0.3) is 0 Å². The fourth-order valence-electron chi connectivity index (χ4n) is 5.13. The number of para-hydroxylation sites is 1. The summed E-state index contributed by atoms with van der Waals surface area (Å²) in [5.74, 6) is 1.02. The number of aryl methyl sites for hydroxylation is 2. The molecule has 3 heteroatoms. The largest absolute Gasteiger partial charge is 0.274 e. The molecule has 1 aromatic carbocycles. The molecule has 2 saturated carbocycles. The summed E-state index contributed by atoms with van der Waals surface area (Å²) in [5, 5.41) is 0. The summed E-state index contributed by atoms with van der Waals surface area (Å²) < 4.78 is 0. The van der Waals surface area contributed by atoms with Crippen LogP contribution in [0.2, 0.25) is 0 Å². The average molecular weight is 297 g/mol. The van der Waals surface area contributed by atoms with Crippen LogP contribution >= 0.6 is 0 Å². The summed E-state index contributed by atoms with van der Waals surface area (Å²) in [5.41, 5.74) is 3.14. The van der Waals surface area contributed by atoms with E-state index in [0.717, 1.165) is 48.9 Å². The van der Waals surface area contributed by atoms with Crippen LogP contribution in [0.1, 0.15) is 44.2 Å². The molecule has 2 amide bonds. The van der Waals surface area contributed by atoms with Crippen LogP contribution in [0.15, 0.2) is 18.2 Å². The molecule has 0 N–H and O–H groups in total. The smallest absolute Gasteiger partial charge is 0.237 e. The number of imide groups is 1. The van der Waals surface area contributed by atoms with Crippen LogP contribution in [-0.4, -0.2) is 11.8 Å². The third kappa shape index (κ3) is 1.68. The lowest BCUT2D eigenvalue weighted by molar-refractivity contribution is -0.123. The number of anilines is 1. The third-order valence-corrected chi connectivity index (χ3v) is 6.12. The minimum Gasteiger partial charge on any atom is -0.274 e. The van der Waals surface area contributed by atoms with Gasteiger partial charge in [-0.2, -0.15) is 0 Å². The maximum absolute atomic E-state index is 13.0. The van der Waals surface area contributed by atoms with E-state index in [9.17, 15) is 9.59 Å². The maximum Gasteiger partial charge on any atom is 0.237 e. The Hall–Kier alpha value is -1.64. The van der Waals surface area contributed by atoms with Gasteiger partial charge in [0.1, 0.15) is 0 Å². The quantitative estimate of drug-likeness (QED) is 0.802. The lowest BCUT2D eigenvalue weighted by Gasteiger charge is -2.23. The summed E-state index contributed by atoms with van der Waals surface area (Å²) >= 11 is 0. The predicted molar refractivity (Wildman–Crippen MR) is 85.5 cm³/mol. The van der Waals surface area contributed by atoms with E-state index >= 15 is 0 Å². The Morgan fingerprint density at radius 1 is 0.955 bits per heavy atom. The number of carbonyl (C=O) groups excluding carboxylic acids is 2. The van der Waals surface area contributed by atoms with Gasteiger partial charge in [-0.25, -0.2) is 4.90 Å². The Bertz CT molecular complexity index is 601. The Morgan fingerprint density at radius 3 is 1.91 bits per heavy atom. The molecule has 1 aromatic rings. The number of amides is 2. The summed E-state index contributed by atoms with van der Waals surface area (Å²) in [7, 11) is 0. The van der Waals surface area contributed by atoms with Crippen molar-refractivity contribution in [3.63, 3.8) is 0 Å². The molecule has 0 unspecified atom stereocenters. The first kappa shape index (κ1) is 14.0. The molecule has 2 aliphatic carbocycles. The lowest BCUT2D eigenvalue weighted by Crippen LogP contribution is -2.34. The third-order valence-electron chi connectivity index (χ3n) is 6.12. The molecule has 3 fully saturated rings. The van der Waals surface area contributed by atoms with Gasteiger partial charge in [-0.3, -0.25) is 9.59 Å².